The van der Waals surface area contributed by atoms with Gasteiger partial charge in [-0.15, -0.1) is 0 Å². The van der Waals surface area contributed by atoms with E-state index in [0.717, 1.165) is 0 Å². The van der Waals surface area contributed by atoms with Gasteiger partial charge >= 0.3 is 0 Å². The molecule has 1 aliphatic carbocycles. The van der Waals surface area contributed by atoms with Gasteiger partial charge in [-0.2, -0.15) is 0 Å². The topological polar surface area (TPSA) is 3.24 Å². The molecule has 0 saturated heterocycles. The lowest BCUT2D eigenvalue weighted by Gasteiger charge is -2.28. The normalized spacial score (nSPS) is 11.8. The molecule has 8 rings (SSSR count). The average Bonchev–Trinajstić information content (AvgIpc) is 3.03. The summed E-state index contributed by atoms with van der Waals surface area (Å²) in [5, 5.41) is 5.11. The molecule has 0 bridgehead atoms. The molecule has 0 N–H and O–H groups in total. The maximum atomic E-state index is 2.41. The van der Waals surface area contributed by atoms with Crippen LogP contribution in [0.15, 0.2) is 133 Å². The number of fused-ring (bicyclic) bond motifs is 6. The van der Waals surface area contributed by atoms with Crippen molar-refractivity contribution in [3.8, 4) is 33.4 Å². The highest BCUT2D eigenvalue weighted by Crippen LogP contribution is 2.51. The summed E-state index contributed by atoms with van der Waals surface area (Å²) in [6, 6.07) is 49.8. The number of nitrogens with zero attached hydrogens (tertiary/aromatic N) is 1. The molecule has 44 heavy (non-hydrogen) atoms. The first kappa shape index (κ1) is 26.5. The third-order valence-corrected chi connectivity index (χ3v) is 9.14. The largest absolute Gasteiger partial charge is 0.310 e. The summed E-state index contributed by atoms with van der Waals surface area (Å²) in [6.07, 6.45) is 0. The maximum Gasteiger partial charge on any atom is 0.0468 e. The highest BCUT2D eigenvalue weighted by atomic mass is 15.1. The van der Waals surface area contributed by atoms with Crippen LogP contribution in [0, 0.1) is 13.8 Å². The predicted octanol–water partition coefficient (Wildman–Crippen LogP) is 12.5. The molecule has 0 unspecified atom stereocenters. The molecule has 0 fully saturated rings. The average molecular weight is 566 g/mol. The second-order valence-electron chi connectivity index (χ2n) is 12.7. The lowest BCUT2D eigenvalue weighted by Crippen LogP contribution is -2.11. The van der Waals surface area contributed by atoms with Crippen molar-refractivity contribution in [2.75, 3.05) is 4.90 Å². The zero-order valence-corrected chi connectivity index (χ0v) is 25.7. The molecule has 0 spiro atoms. The van der Waals surface area contributed by atoms with Crippen LogP contribution in [0.4, 0.5) is 17.1 Å². The Morgan fingerprint density at radius 2 is 1.00 bits per heavy atom. The second-order valence-corrected chi connectivity index (χ2v) is 12.7. The molecule has 0 heterocycles. The van der Waals surface area contributed by atoms with Crippen molar-refractivity contribution >= 4 is 38.6 Å². The monoisotopic (exact) mass is 565 g/mol. The Morgan fingerprint density at radius 3 is 1.66 bits per heavy atom. The summed E-state index contributed by atoms with van der Waals surface area (Å²) >= 11 is 0. The van der Waals surface area contributed by atoms with E-state index >= 15 is 0 Å². The van der Waals surface area contributed by atoms with Gasteiger partial charge in [0.15, 0.2) is 0 Å². The highest BCUT2D eigenvalue weighted by Gasteiger charge is 2.24. The van der Waals surface area contributed by atoms with Crippen LogP contribution in [0.3, 0.4) is 0 Å². The van der Waals surface area contributed by atoms with E-state index in [9.17, 15) is 0 Å². The van der Waals surface area contributed by atoms with E-state index in [1.807, 2.05) is 0 Å². The number of hydrogen-bond donors (Lipinski definition) is 0. The summed E-state index contributed by atoms with van der Waals surface area (Å²) in [5.74, 6) is 0.464. The first-order chi connectivity index (χ1) is 21.4. The van der Waals surface area contributed by atoms with Crippen LogP contribution in [0.25, 0.3) is 54.9 Å². The molecule has 0 aromatic heterocycles. The Bertz CT molecular complexity index is 2200. The molecule has 1 heteroatoms. The fourth-order valence-corrected chi connectivity index (χ4v) is 6.91. The quantitative estimate of drug-likeness (QED) is 0.201. The fourth-order valence-electron chi connectivity index (χ4n) is 6.91. The van der Waals surface area contributed by atoms with E-state index in [-0.39, 0.29) is 0 Å². The minimum atomic E-state index is 0.464. The van der Waals surface area contributed by atoms with Crippen molar-refractivity contribution in [1.29, 1.82) is 0 Å². The number of aryl methyl sites for hydroxylation is 2. The molecular formula is C43H35N. The standard InChI is InChI=1S/C43H35N/c1-27(2)31-11-8-12-37(21-31)44(39-18-28(3)17-29(4)19-39)38-16-15-34-24-41-40-23-33-14-13-32(30-9-6-5-7-10-30)20-35(33)25-42(40)43(41)26-36(34)22-38/h5-27H,1-4H3. The molecule has 0 aliphatic heterocycles. The van der Waals surface area contributed by atoms with Gasteiger partial charge in [0.1, 0.15) is 0 Å². The van der Waals surface area contributed by atoms with Crippen molar-refractivity contribution < 1.29 is 0 Å². The van der Waals surface area contributed by atoms with E-state index < -0.39 is 0 Å². The van der Waals surface area contributed by atoms with Gasteiger partial charge in [-0.05, 0) is 158 Å². The van der Waals surface area contributed by atoms with Gasteiger partial charge in [0.2, 0.25) is 0 Å². The van der Waals surface area contributed by atoms with E-state index in [2.05, 4.69) is 166 Å². The molecule has 212 valence electrons. The van der Waals surface area contributed by atoms with Gasteiger partial charge < -0.3 is 4.90 Å². The maximum absolute atomic E-state index is 2.41. The molecule has 7 aromatic rings. The van der Waals surface area contributed by atoms with Crippen LogP contribution >= 0.6 is 0 Å². The van der Waals surface area contributed by atoms with Gasteiger partial charge in [0.05, 0.1) is 0 Å². The van der Waals surface area contributed by atoms with E-state index in [4.69, 9.17) is 0 Å². The first-order valence-corrected chi connectivity index (χ1v) is 15.6. The van der Waals surface area contributed by atoms with Crippen LogP contribution in [-0.2, 0) is 0 Å². The Hall–Kier alpha value is -5.14. The van der Waals surface area contributed by atoms with Gasteiger partial charge in [0, 0.05) is 17.1 Å². The van der Waals surface area contributed by atoms with Crippen LogP contribution in [-0.4, -0.2) is 0 Å². The number of hydrogen-bond acceptors (Lipinski definition) is 1. The fraction of sp³-hybridized carbons (Fsp3) is 0.116. The number of benzene rings is 7. The molecule has 1 nitrogen and oxygen atoms in total. The van der Waals surface area contributed by atoms with Crippen LogP contribution in [0.1, 0.15) is 36.5 Å². The summed E-state index contributed by atoms with van der Waals surface area (Å²) < 4.78 is 0. The Balaban J connectivity index is 1.24. The second kappa shape index (κ2) is 10.2. The number of anilines is 3. The highest BCUT2D eigenvalue weighted by molar-refractivity contribution is 6.12. The zero-order valence-electron chi connectivity index (χ0n) is 25.7. The summed E-state index contributed by atoms with van der Waals surface area (Å²) in [4.78, 5) is 2.41. The van der Waals surface area contributed by atoms with Crippen LogP contribution < -0.4 is 4.90 Å². The molecule has 0 atom stereocenters. The molecular weight excluding hydrogens is 530 g/mol. The molecule has 0 saturated carbocycles. The van der Waals surface area contributed by atoms with Crippen LogP contribution in [0.2, 0.25) is 0 Å². The SMILES string of the molecule is Cc1cc(C)cc(N(c2cccc(C(C)C)c2)c2ccc3cc4c(cc3c2)-c2cc3cc(-c5ccccc5)ccc3cc2-4)c1. The van der Waals surface area contributed by atoms with Gasteiger partial charge in [-0.3, -0.25) is 0 Å². The summed E-state index contributed by atoms with van der Waals surface area (Å²) in [5.41, 5.74) is 15.4. The Morgan fingerprint density at radius 1 is 0.409 bits per heavy atom. The van der Waals surface area contributed by atoms with E-state index in [0.29, 0.717) is 5.92 Å². The van der Waals surface area contributed by atoms with Crippen molar-refractivity contribution in [2.45, 2.75) is 33.6 Å². The predicted molar refractivity (Wildman–Crippen MR) is 190 cm³/mol. The van der Waals surface area contributed by atoms with Gasteiger partial charge in [0.25, 0.3) is 0 Å². The molecule has 7 aromatic carbocycles. The van der Waals surface area contributed by atoms with Crippen molar-refractivity contribution in [2.24, 2.45) is 0 Å². The van der Waals surface area contributed by atoms with E-state index in [1.54, 1.807) is 0 Å². The minimum Gasteiger partial charge on any atom is -0.310 e. The third-order valence-electron chi connectivity index (χ3n) is 9.14. The van der Waals surface area contributed by atoms with Crippen molar-refractivity contribution in [1.82, 2.24) is 0 Å². The Labute approximate surface area is 260 Å². The number of rotatable bonds is 5. The summed E-state index contributed by atoms with van der Waals surface area (Å²) in [7, 11) is 0. The van der Waals surface area contributed by atoms with Crippen molar-refractivity contribution in [3.05, 3.63) is 150 Å². The van der Waals surface area contributed by atoms with Gasteiger partial charge in [-0.1, -0.05) is 80.6 Å². The molecule has 0 amide bonds. The lowest BCUT2D eigenvalue weighted by molar-refractivity contribution is 0.866. The van der Waals surface area contributed by atoms with Crippen molar-refractivity contribution in [3.63, 3.8) is 0 Å². The van der Waals surface area contributed by atoms with Gasteiger partial charge in [-0.25, -0.2) is 0 Å². The zero-order chi connectivity index (χ0) is 29.9. The molecule has 0 radical (unpaired) electrons. The smallest absolute Gasteiger partial charge is 0.0468 e. The minimum absolute atomic E-state index is 0.464. The summed E-state index contributed by atoms with van der Waals surface area (Å²) in [6.45, 7) is 8.89. The molecule has 1 aliphatic rings. The van der Waals surface area contributed by atoms with Crippen LogP contribution in [0.5, 0.6) is 0 Å². The van der Waals surface area contributed by atoms with E-state index in [1.165, 1.54) is 88.7 Å². The Kier molecular flexibility index (Phi) is 6.17. The lowest BCUT2D eigenvalue weighted by atomic mass is 9.77. The third kappa shape index (κ3) is 4.48. The first-order valence-electron chi connectivity index (χ1n) is 15.6.